The zero-order valence-corrected chi connectivity index (χ0v) is 12.1. The van der Waals surface area contributed by atoms with E-state index in [1.54, 1.807) is 0 Å². The van der Waals surface area contributed by atoms with Crippen LogP contribution in [0.2, 0.25) is 0 Å². The average molecular weight is 306 g/mol. The molecule has 2 N–H and O–H groups in total. The predicted molar refractivity (Wildman–Crippen MR) is 78.8 cm³/mol. The quantitative estimate of drug-likeness (QED) is 0.849. The van der Waals surface area contributed by atoms with Gasteiger partial charge in [-0.3, -0.25) is 0 Å². The van der Waals surface area contributed by atoms with Crippen LogP contribution in [-0.2, 0) is 0 Å². The summed E-state index contributed by atoms with van der Waals surface area (Å²) >= 11 is 3.42. The van der Waals surface area contributed by atoms with Crippen molar-refractivity contribution in [1.29, 1.82) is 0 Å². The molecule has 2 aromatic carbocycles. The fourth-order valence-electron chi connectivity index (χ4n) is 1.89. The van der Waals surface area contributed by atoms with Crippen LogP contribution in [0.15, 0.2) is 46.9 Å². The molecule has 0 radical (unpaired) electrons. The Morgan fingerprint density at radius 3 is 2.44 bits per heavy atom. The minimum absolute atomic E-state index is 0.0200. The molecule has 18 heavy (non-hydrogen) atoms. The highest BCUT2D eigenvalue weighted by molar-refractivity contribution is 9.10. The SMILES string of the molecule is Cc1cc(Br)cc(N)c1OC(C)c1ccccc1. The van der Waals surface area contributed by atoms with E-state index in [1.165, 1.54) is 0 Å². The Balaban J connectivity index is 2.25. The summed E-state index contributed by atoms with van der Waals surface area (Å²) in [5.74, 6) is 0.759. The Labute approximate surface area is 116 Å². The number of hydrogen-bond acceptors (Lipinski definition) is 2. The van der Waals surface area contributed by atoms with E-state index in [0.29, 0.717) is 5.69 Å². The van der Waals surface area contributed by atoms with Gasteiger partial charge in [0.15, 0.2) is 0 Å². The van der Waals surface area contributed by atoms with Gasteiger partial charge in [-0.2, -0.15) is 0 Å². The van der Waals surface area contributed by atoms with E-state index in [2.05, 4.69) is 28.1 Å². The smallest absolute Gasteiger partial charge is 0.146 e. The van der Waals surface area contributed by atoms with E-state index in [4.69, 9.17) is 10.5 Å². The average Bonchev–Trinajstić information content (AvgIpc) is 2.34. The van der Waals surface area contributed by atoms with Gasteiger partial charge in [0.25, 0.3) is 0 Å². The number of nitrogen functional groups attached to an aromatic ring is 1. The Morgan fingerprint density at radius 2 is 1.83 bits per heavy atom. The molecule has 1 unspecified atom stereocenters. The molecule has 0 aliphatic heterocycles. The molecule has 0 fully saturated rings. The first-order valence-corrected chi connectivity index (χ1v) is 6.64. The lowest BCUT2D eigenvalue weighted by atomic mass is 10.1. The van der Waals surface area contributed by atoms with Crippen LogP contribution in [0.1, 0.15) is 24.2 Å². The largest absolute Gasteiger partial charge is 0.484 e. The molecule has 0 aromatic heterocycles. The summed E-state index contributed by atoms with van der Waals surface area (Å²) in [7, 11) is 0. The van der Waals surface area contributed by atoms with Gasteiger partial charge in [-0.15, -0.1) is 0 Å². The molecule has 0 heterocycles. The monoisotopic (exact) mass is 305 g/mol. The lowest BCUT2D eigenvalue weighted by molar-refractivity contribution is 0.227. The van der Waals surface area contributed by atoms with Crippen molar-refractivity contribution in [2.45, 2.75) is 20.0 Å². The van der Waals surface area contributed by atoms with Crippen LogP contribution in [0.3, 0.4) is 0 Å². The normalized spacial score (nSPS) is 12.2. The van der Waals surface area contributed by atoms with Gasteiger partial charge in [0.2, 0.25) is 0 Å². The van der Waals surface area contributed by atoms with Crippen LogP contribution in [0.4, 0.5) is 5.69 Å². The zero-order valence-electron chi connectivity index (χ0n) is 10.5. The first-order valence-electron chi connectivity index (χ1n) is 5.85. The molecule has 2 aromatic rings. The number of hydrogen-bond donors (Lipinski definition) is 1. The van der Waals surface area contributed by atoms with Gasteiger partial charge in [-0.05, 0) is 37.1 Å². The molecule has 2 nitrogen and oxygen atoms in total. The molecule has 94 valence electrons. The molecule has 0 aliphatic rings. The molecule has 0 saturated heterocycles. The number of nitrogens with two attached hydrogens (primary N) is 1. The van der Waals surface area contributed by atoms with Crippen molar-refractivity contribution in [3.63, 3.8) is 0 Å². The van der Waals surface area contributed by atoms with Gasteiger partial charge in [0.1, 0.15) is 11.9 Å². The third-order valence-corrected chi connectivity index (χ3v) is 3.29. The minimum Gasteiger partial charge on any atom is -0.484 e. The summed E-state index contributed by atoms with van der Waals surface area (Å²) in [5, 5.41) is 0. The van der Waals surface area contributed by atoms with Crippen molar-refractivity contribution < 1.29 is 4.74 Å². The van der Waals surface area contributed by atoms with Crippen molar-refractivity contribution in [1.82, 2.24) is 0 Å². The van der Waals surface area contributed by atoms with Gasteiger partial charge in [-0.25, -0.2) is 0 Å². The standard InChI is InChI=1S/C15H16BrNO/c1-10-8-13(16)9-14(17)15(10)18-11(2)12-6-4-3-5-7-12/h3-9,11H,17H2,1-2H3. The fourth-order valence-corrected chi connectivity index (χ4v) is 2.48. The van der Waals surface area contributed by atoms with Gasteiger partial charge in [-0.1, -0.05) is 46.3 Å². The van der Waals surface area contributed by atoms with Crippen LogP contribution >= 0.6 is 15.9 Å². The summed E-state index contributed by atoms with van der Waals surface area (Å²) in [6, 6.07) is 14.0. The number of halogens is 1. The van der Waals surface area contributed by atoms with E-state index in [0.717, 1.165) is 21.3 Å². The number of ether oxygens (including phenoxy) is 1. The molecule has 1 atom stereocenters. The summed E-state index contributed by atoms with van der Waals surface area (Å²) in [6.45, 7) is 4.02. The van der Waals surface area contributed by atoms with E-state index in [-0.39, 0.29) is 6.10 Å². The number of benzene rings is 2. The van der Waals surface area contributed by atoms with Crippen LogP contribution in [-0.4, -0.2) is 0 Å². The van der Waals surface area contributed by atoms with Crippen molar-refractivity contribution >= 4 is 21.6 Å². The van der Waals surface area contributed by atoms with E-state index >= 15 is 0 Å². The maximum Gasteiger partial charge on any atom is 0.146 e. The fraction of sp³-hybridized carbons (Fsp3) is 0.200. The third kappa shape index (κ3) is 2.85. The molecule has 0 bridgehead atoms. The summed E-state index contributed by atoms with van der Waals surface area (Å²) in [6.07, 6.45) is -0.0200. The molecular formula is C15H16BrNO. The minimum atomic E-state index is -0.0200. The van der Waals surface area contributed by atoms with E-state index in [9.17, 15) is 0 Å². The van der Waals surface area contributed by atoms with Gasteiger partial charge in [0.05, 0.1) is 5.69 Å². The van der Waals surface area contributed by atoms with Crippen LogP contribution < -0.4 is 10.5 Å². The highest BCUT2D eigenvalue weighted by atomic mass is 79.9. The highest BCUT2D eigenvalue weighted by Gasteiger charge is 2.12. The van der Waals surface area contributed by atoms with Crippen LogP contribution in [0.25, 0.3) is 0 Å². The Kier molecular flexibility index (Phi) is 3.92. The van der Waals surface area contributed by atoms with E-state index < -0.39 is 0 Å². The molecule has 2 rings (SSSR count). The topological polar surface area (TPSA) is 35.2 Å². The second-order valence-electron chi connectivity index (χ2n) is 4.31. The molecule has 0 amide bonds. The summed E-state index contributed by atoms with van der Waals surface area (Å²) < 4.78 is 6.94. The summed E-state index contributed by atoms with van der Waals surface area (Å²) in [5.41, 5.74) is 8.82. The highest BCUT2D eigenvalue weighted by Crippen LogP contribution is 2.33. The van der Waals surface area contributed by atoms with Crippen molar-refractivity contribution in [2.75, 3.05) is 5.73 Å². The predicted octanol–water partition coefficient (Wildman–Crippen LogP) is 4.48. The first-order chi connectivity index (χ1) is 8.58. The van der Waals surface area contributed by atoms with Crippen molar-refractivity contribution in [2.24, 2.45) is 0 Å². The maximum atomic E-state index is 5.99. The molecule has 0 aliphatic carbocycles. The van der Waals surface area contributed by atoms with Gasteiger partial charge < -0.3 is 10.5 Å². The first kappa shape index (κ1) is 13.0. The zero-order chi connectivity index (χ0) is 13.1. The number of anilines is 1. The molecular weight excluding hydrogens is 290 g/mol. The Bertz CT molecular complexity index is 516. The molecule has 0 saturated carbocycles. The molecule has 0 spiro atoms. The van der Waals surface area contributed by atoms with Crippen LogP contribution in [0, 0.1) is 6.92 Å². The van der Waals surface area contributed by atoms with Gasteiger partial charge in [0, 0.05) is 4.47 Å². The summed E-state index contributed by atoms with van der Waals surface area (Å²) in [4.78, 5) is 0. The maximum absolute atomic E-state index is 5.99. The van der Waals surface area contributed by atoms with Crippen molar-refractivity contribution in [3.8, 4) is 5.75 Å². The van der Waals surface area contributed by atoms with Crippen molar-refractivity contribution in [3.05, 3.63) is 58.1 Å². The Morgan fingerprint density at radius 1 is 1.17 bits per heavy atom. The number of rotatable bonds is 3. The van der Waals surface area contributed by atoms with Crippen LogP contribution in [0.5, 0.6) is 5.75 Å². The second kappa shape index (κ2) is 5.44. The lowest BCUT2D eigenvalue weighted by Gasteiger charge is -2.18. The third-order valence-electron chi connectivity index (χ3n) is 2.83. The van der Waals surface area contributed by atoms with E-state index in [1.807, 2.05) is 44.2 Å². The Hall–Kier alpha value is -1.48. The van der Waals surface area contributed by atoms with Gasteiger partial charge >= 0.3 is 0 Å². The number of aryl methyl sites for hydroxylation is 1. The molecule has 3 heteroatoms. The lowest BCUT2D eigenvalue weighted by Crippen LogP contribution is -2.06. The second-order valence-corrected chi connectivity index (χ2v) is 5.23.